The van der Waals surface area contributed by atoms with Gasteiger partial charge in [0.2, 0.25) is 0 Å². The zero-order chi connectivity index (χ0) is 64.5. The number of unbranched alkanes of at least 4 members (excludes halogenated alkanes) is 30. The zero-order valence-corrected chi connectivity index (χ0v) is 58.1. The molecule has 92 heavy (non-hydrogen) atoms. The van der Waals surface area contributed by atoms with E-state index >= 15 is 4.57 Å². The van der Waals surface area contributed by atoms with E-state index in [2.05, 4.69) is 13.8 Å². The highest BCUT2D eigenvalue weighted by Crippen LogP contribution is 2.49. The molecule has 1 saturated carbocycles. The summed E-state index contributed by atoms with van der Waals surface area (Å²) in [6.45, 7) is 7.14. The van der Waals surface area contributed by atoms with Crippen molar-refractivity contribution in [3.05, 3.63) is 179 Å². The van der Waals surface area contributed by atoms with Gasteiger partial charge >= 0.3 is 7.60 Å². The van der Waals surface area contributed by atoms with Crippen molar-refractivity contribution in [2.24, 2.45) is 0 Å². The summed E-state index contributed by atoms with van der Waals surface area (Å²) >= 11 is 0. The third kappa shape index (κ3) is 34.1. The maximum Gasteiger partial charge on any atom is 0.328 e. The van der Waals surface area contributed by atoms with Crippen LogP contribution in [0.4, 0.5) is 0 Å². The van der Waals surface area contributed by atoms with E-state index in [0.29, 0.717) is 19.8 Å². The van der Waals surface area contributed by atoms with Gasteiger partial charge in [0.1, 0.15) is 36.6 Å². The minimum absolute atomic E-state index is 0.161. The smallest absolute Gasteiger partial charge is 0.328 e. The number of hydrogen-bond donors (Lipinski definition) is 1. The van der Waals surface area contributed by atoms with E-state index in [0.717, 1.165) is 53.5 Å². The van der Waals surface area contributed by atoms with Crippen LogP contribution in [0.1, 0.15) is 254 Å². The Bertz CT molecular complexity index is 2410. The summed E-state index contributed by atoms with van der Waals surface area (Å²) in [7, 11) is -4.47. The van der Waals surface area contributed by atoms with E-state index in [-0.39, 0.29) is 45.6 Å². The first-order valence-corrected chi connectivity index (χ1v) is 38.7. The van der Waals surface area contributed by atoms with Crippen LogP contribution in [0.15, 0.2) is 152 Å². The Morgan fingerprint density at radius 2 is 0.565 bits per heavy atom. The first-order chi connectivity index (χ1) is 45.4. The van der Waals surface area contributed by atoms with Gasteiger partial charge in [0.05, 0.1) is 51.9 Å². The van der Waals surface area contributed by atoms with E-state index in [1.54, 1.807) is 0 Å². The molecule has 4 unspecified atom stereocenters. The Morgan fingerprint density at radius 1 is 0.326 bits per heavy atom. The topological polar surface area (TPSA) is 111 Å². The van der Waals surface area contributed by atoms with E-state index < -0.39 is 50.3 Å². The highest BCUT2D eigenvalue weighted by atomic mass is 31.2. The van der Waals surface area contributed by atoms with Gasteiger partial charge in [-0.3, -0.25) is 9.09 Å². The predicted molar refractivity (Wildman–Crippen MR) is 379 cm³/mol. The van der Waals surface area contributed by atoms with Gasteiger partial charge < -0.3 is 38.1 Å². The van der Waals surface area contributed by atoms with E-state index in [4.69, 9.17) is 37.7 Å². The second-order valence-electron chi connectivity index (χ2n) is 26.2. The molecule has 1 aliphatic rings. The van der Waals surface area contributed by atoms with E-state index in [9.17, 15) is 4.89 Å². The van der Waals surface area contributed by atoms with Crippen LogP contribution < -0.4 is 0 Å². The number of benzene rings is 5. The molecule has 11 heteroatoms. The number of hydrogen-bond acceptors (Lipinski definition) is 9. The van der Waals surface area contributed by atoms with Crippen molar-refractivity contribution in [2.75, 3.05) is 26.0 Å². The second-order valence-corrected chi connectivity index (χ2v) is 28.1. The van der Waals surface area contributed by atoms with E-state index in [1.807, 2.05) is 152 Å². The van der Waals surface area contributed by atoms with Crippen LogP contribution in [0.2, 0.25) is 0 Å². The lowest BCUT2D eigenvalue weighted by atomic mass is 9.83. The Labute approximate surface area is 558 Å². The van der Waals surface area contributed by atoms with Crippen molar-refractivity contribution in [2.45, 2.75) is 301 Å². The molecule has 0 radical (unpaired) electrons. The highest BCUT2D eigenvalue weighted by molar-refractivity contribution is 7.52. The summed E-state index contributed by atoms with van der Waals surface area (Å²) in [5, 5.41) is 0. The summed E-state index contributed by atoms with van der Waals surface area (Å²) in [6, 6.07) is 50.0. The zero-order valence-electron chi connectivity index (χ0n) is 57.2. The summed E-state index contributed by atoms with van der Waals surface area (Å²) in [4.78, 5) is 12.5. The van der Waals surface area contributed by atoms with Gasteiger partial charge in [0, 0.05) is 13.2 Å². The maximum atomic E-state index is 15.3. The van der Waals surface area contributed by atoms with Crippen LogP contribution in [-0.2, 0) is 75.3 Å². The van der Waals surface area contributed by atoms with Gasteiger partial charge in [0.15, 0.2) is 0 Å². The third-order valence-electron chi connectivity index (χ3n) is 18.2. The monoisotopic (exact) mass is 1290 g/mol. The molecule has 1 aliphatic carbocycles. The van der Waals surface area contributed by atoms with Crippen LogP contribution in [0.5, 0.6) is 0 Å². The molecular formula is C81H123O10P. The fraction of sp³-hybridized carbons (Fsp3) is 0.630. The quantitative estimate of drug-likeness (QED) is 0.0298. The molecule has 0 aromatic heterocycles. The molecular weight excluding hydrogens is 1160 g/mol. The minimum atomic E-state index is -4.47. The lowest BCUT2D eigenvalue weighted by molar-refractivity contribution is -0.279. The standard InChI is InChI=1S/C81H123O10P/c1-3-5-7-9-11-13-15-17-19-21-23-25-27-29-31-48-61-84-69-75(85-62-49-32-30-28-26-24-22-20-18-16-14-12-10-8-6-4-2)60-63-92(82,83)91-81-79(89-67-73-56-44-36-45-57-73)77(87-65-71-52-40-34-41-53-71)76(86-64-70-50-38-33-39-51-70)78(88-66-72-54-42-35-43-55-72)80(81)90-68-74-58-46-37-47-59-74/h33-47,50-59,75-81H,3-32,48-49,60-69H2,1-2H3,(H,82,83)/t75?,76?,77-,78+,79-,80-,81?/m0/s1. The van der Waals surface area contributed by atoms with Crippen molar-refractivity contribution in [1.82, 2.24) is 0 Å². The van der Waals surface area contributed by atoms with Crippen LogP contribution in [0.3, 0.4) is 0 Å². The molecule has 0 bridgehead atoms. The molecule has 0 amide bonds. The molecule has 0 spiro atoms. The van der Waals surface area contributed by atoms with E-state index in [1.165, 1.54) is 180 Å². The Kier molecular flexibility index (Phi) is 42.1. The molecule has 10 nitrogen and oxygen atoms in total. The molecule has 0 heterocycles. The number of rotatable bonds is 57. The fourth-order valence-corrected chi connectivity index (χ4v) is 14.0. The van der Waals surface area contributed by atoms with Gasteiger partial charge in [-0.05, 0) is 47.1 Å². The van der Waals surface area contributed by atoms with Crippen molar-refractivity contribution in [3.63, 3.8) is 0 Å². The third-order valence-corrected chi connectivity index (χ3v) is 19.6. The molecule has 8 atom stereocenters. The Hall–Kier alpha value is -4.03. The minimum Gasteiger partial charge on any atom is -0.379 e. The molecule has 0 saturated heterocycles. The molecule has 1 fully saturated rings. The molecule has 512 valence electrons. The average molecular weight is 1290 g/mol. The lowest BCUT2D eigenvalue weighted by Crippen LogP contribution is -2.67. The largest absolute Gasteiger partial charge is 0.379 e. The van der Waals surface area contributed by atoms with Crippen LogP contribution in [0.25, 0.3) is 0 Å². The Morgan fingerprint density at radius 3 is 0.837 bits per heavy atom. The van der Waals surface area contributed by atoms with Gasteiger partial charge in [-0.25, -0.2) is 0 Å². The molecule has 0 aliphatic heterocycles. The van der Waals surface area contributed by atoms with Crippen LogP contribution >= 0.6 is 7.60 Å². The molecule has 1 N–H and O–H groups in total. The normalized spacial score (nSPS) is 18.5. The first-order valence-electron chi connectivity index (χ1n) is 36.9. The van der Waals surface area contributed by atoms with Gasteiger partial charge in [-0.2, -0.15) is 0 Å². The molecule has 5 aromatic rings. The predicted octanol–water partition coefficient (Wildman–Crippen LogP) is 21.8. The first kappa shape index (κ1) is 77.0. The highest BCUT2D eigenvalue weighted by Gasteiger charge is 2.56. The fourth-order valence-electron chi connectivity index (χ4n) is 12.7. The second kappa shape index (κ2) is 50.4. The van der Waals surface area contributed by atoms with Gasteiger partial charge in [-0.15, -0.1) is 0 Å². The van der Waals surface area contributed by atoms with Crippen molar-refractivity contribution in [3.8, 4) is 0 Å². The molecule has 6 rings (SSSR count). The van der Waals surface area contributed by atoms with Crippen LogP contribution in [-0.4, -0.2) is 73.6 Å². The average Bonchev–Trinajstić information content (AvgIpc) is 0.798. The summed E-state index contributed by atoms with van der Waals surface area (Å²) in [5.41, 5.74) is 4.73. The summed E-state index contributed by atoms with van der Waals surface area (Å²) < 4.78 is 70.6. The van der Waals surface area contributed by atoms with Gasteiger partial charge in [-0.1, -0.05) is 358 Å². The van der Waals surface area contributed by atoms with Crippen LogP contribution in [0, 0.1) is 0 Å². The summed E-state index contributed by atoms with van der Waals surface area (Å²) in [6.07, 6.45) is 36.0. The van der Waals surface area contributed by atoms with Gasteiger partial charge in [0.25, 0.3) is 0 Å². The van der Waals surface area contributed by atoms with Crippen molar-refractivity contribution < 1.29 is 47.1 Å². The maximum absolute atomic E-state index is 15.3. The number of ether oxygens (including phenoxy) is 7. The van der Waals surface area contributed by atoms with Crippen molar-refractivity contribution >= 4 is 7.60 Å². The SMILES string of the molecule is CCCCCCCCCCCCCCCCCCOCC(CCP(=O)(O)OC1[C@@H](OCc2ccccc2)[C@H](OCc2ccccc2)C(OCc2ccccc2)[C@H](OCc2ccccc2)[C@@H]1OCc1ccccc1)OCCCCCCCCCCCCCCCCCC. The lowest BCUT2D eigenvalue weighted by Gasteiger charge is -2.50. The summed E-state index contributed by atoms with van der Waals surface area (Å²) in [5.74, 6) is 0. The Balaban J connectivity index is 1.14. The molecule has 5 aromatic carbocycles. The van der Waals surface area contributed by atoms with Crippen molar-refractivity contribution in [1.29, 1.82) is 0 Å².